The highest BCUT2D eigenvalue weighted by Gasteiger charge is 2.33. The van der Waals surface area contributed by atoms with Gasteiger partial charge in [-0.05, 0) is 36.5 Å². The molecule has 0 bridgehead atoms. The van der Waals surface area contributed by atoms with Crippen LogP contribution in [0.2, 0.25) is 0 Å². The van der Waals surface area contributed by atoms with Gasteiger partial charge in [0.05, 0.1) is 0 Å². The van der Waals surface area contributed by atoms with E-state index in [4.69, 9.17) is 0 Å². The topological polar surface area (TPSA) is 48.4 Å². The summed E-state index contributed by atoms with van der Waals surface area (Å²) in [5, 5.41) is 14.5. The van der Waals surface area contributed by atoms with Crippen molar-refractivity contribution in [1.82, 2.24) is 10.3 Å². The number of pyridine rings is 1. The molecule has 0 unspecified atom stereocenters. The Hall–Kier alpha value is -1.91. The number of aliphatic hydroxyl groups is 1. The molecule has 2 aromatic rings. The van der Waals surface area contributed by atoms with Crippen LogP contribution in [0.4, 0.5) is 5.69 Å². The number of aromatic nitrogens is 1. The van der Waals surface area contributed by atoms with E-state index in [1.165, 1.54) is 5.56 Å². The van der Waals surface area contributed by atoms with Crippen LogP contribution in [0.25, 0.3) is 0 Å². The lowest BCUT2D eigenvalue weighted by molar-refractivity contribution is 0.0189. The highest BCUT2D eigenvalue weighted by atomic mass is 16.3. The van der Waals surface area contributed by atoms with Crippen molar-refractivity contribution in [2.24, 2.45) is 0 Å². The molecule has 0 amide bonds. The van der Waals surface area contributed by atoms with Gasteiger partial charge in [-0.3, -0.25) is 4.98 Å². The second-order valence-electron chi connectivity index (χ2n) is 6.54. The number of aryl methyl sites for hydroxylation is 1. The fraction of sp³-hybridized carbons (Fsp3) is 0.421. The summed E-state index contributed by atoms with van der Waals surface area (Å²) in [6.45, 7) is 1.26. The summed E-state index contributed by atoms with van der Waals surface area (Å²) < 4.78 is 0. The number of nitrogens with zero attached hydrogens (tertiary/aromatic N) is 2. The lowest BCUT2D eigenvalue weighted by Crippen LogP contribution is -2.40. The van der Waals surface area contributed by atoms with Crippen LogP contribution in [0.1, 0.15) is 29.5 Å². The van der Waals surface area contributed by atoms with Gasteiger partial charge in [0.15, 0.2) is 0 Å². The van der Waals surface area contributed by atoms with Crippen LogP contribution >= 0.6 is 0 Å². The molecular weight excluding hydrogens is 286 g/mol. The van der Waals surface area contributed by atoms with Crippen LogP contribution in [0.3, 0.4) is 0 Å². The second kappa shape index (κ2) is 6.69. The molecule has 23 heavy (non-hydrogen) atoms. The zero-order valence-electron chi connectivity index (χ0n) is 13.9. The van der Waals surface area contributed by atoms with Crippen molar-refractivity contribution < 1.29 is 5.11 Å². The maximum Gasteiger partial charge on any atom is 0.102 e. The number of benzene rings is 1. The summed E-state index contributed by atoms with van der Waals surface area (Å²) in [6, 6.07) is 10.3. The van der Waals surface area contributed by atoms with Crippen molar-refractivity contribution in [2.75, 3.05) is 25.5 Å². The van der Waals surface area contributed by atoms with Crippen molar-refractivity contribution in [3.63, 3.8) is 0 Å². The first-order chi connectivity index (χ1) is 11.1. The van der Waals surface area contributed by atoms with E-state index in [1.54, 1.807) is 0 Å². The van der Waals surface area contributed by atoms with Crippen molar-refractivity contribution in [3.05, 3.63) is 59.4 Å². The molecule has 1 aliphatic rings. The van der Waals surface area contributed by atoms with Gasteiger partial charge >= 0.3 is 0 Å². The van der Waals surface area contributed by atoms with Gasteiger partial charge in [-0.1, -0.05) is 24.3 Å². The van der Waals surface area contributed by atoms with Crippen LogP contribution in [-0.4, -0.2) is 30.7 Å². The zero-order chi connectivity index (χ0) is 16.3. The molecule has 122 valence electrons. The van der Waals surface area contributed by atoms with Gasteiger partial charge in [0, 0.05) is 50.8 Å². The van der Waals surface area contributed by atoms with Gasteiger partial charge in [-0.25, -0.2) is 0 Å². The SMILES string of the molecule is CN(C)c1ccncc1CNC[C@@]1(O)CCCc2ccccc21. The Bertz CT molecular complexity index is 671. The first-order valence-electron chi connectivity index (χ1n) is 8.22. The third-order valence-electron chi connectivity index (χ3n) is 4.65. The Labute approximate surface area is 138 Å². The summed E-state index contributed by atoms with van der Waals surface area (Å²) in [7, 11) is 4.06. The van der Waals surface area contributed by atoms with Gasteiger partial charge in [0.1, 0.15) is 5.60 Å². The van der Waals surface area contributed by atoms with E-state index < -0.39 is 5.60 Å². The molecule has 0 radical (unpaired) electrons. The van der Waals surface area contributed by atoms with E-state index in [9.17, 15) is 5.11 Å². The van der Waals surface area contributed by atoms with Crippen LogP contribution in [0.15, 0.2) is 42.7 Å². The molecule has 0 saturated heterocycles. The summed E-state index contributed by atoms with van der Waals surface area (Å²) in [4.78, 5) is 6.30. The van der Waals surface area contributed by atoms with E-state index in [0.717, 1.165) is 36.1 Å². The zero-order valence-corrected chi connectivity index (χ0v) is 13.9. The number of anilines is 1. The predicted molar refractivity (Wildman–Crippen MR) is 93.5 cm³/mol. The van der Waals surface area contributed by atoms with Gasteiger partial charge in [-0.2, -0.15) is 0 Å². The van der Waals surface area contributed by atoms with Crippen molar-refractivity contribution in [3.8, 4) is 0 Å². The molecule has 1 heterocycles. The Morgan fingerprint density at radius 3 is 2.91 bits per heavy atom. The number of fused-ring (bicyclic) bond motifs is 1. The summed E-state index contributed by atoms with van der Waals surface area (Å²) in [5.74, 6) is 0. The fourth-order valence-corrected chi connectivity index (χ4v) is 3.48. The van der Waals surface area contributed by atoms with Gasteiger partial charge < -0.3 is 15.3 Å². The van der Waals surface area contributed by atoms with Crippen molar-refractivity contribution in [2.45, 2.75) is 31.4 Å². The fourth-order valence-electron chi connectivity index (χ4n) is 3.48. The highest BCUT2D eigenvalue weighted by Crippen LogP contribution is 2.34. The molecule has 3 rings (SSSR count). The third-order valence-corrected chi connectivity index (χ3v) is 4.65. The Morgan fingerprint density at radius 1 is 1.26 bits per heavy atom. The minimum Gasteiger partial charge on any atom is -0.384 e. The van der Waals surface area contributed by atoms with Crippen LogP contribution in [-0.2, 0) is 18.6 Å². The molecule has 1 atom stereocenters. The van der Waals surface area contributed by atoms with E-state index in [-0.39, 0.29) is 0 Å². The molecule has 2 N–H and O–H groups in total. The number of rotatable bonds is 5. The molecular formula is C19H25N3O. The summed E-state index contributed by atoms with van der Waals surface area (Å²) >= 11 is 0. The largest absolute Gasteiger partial charge is 0.384 e. The quantitative estimate of drug-likeness (QED) is 0.890. The number of nitrogens with one attached hydrogen (secondary N) is 1. The molecule has 1 aliphatic carbocycles. The maximum absolute atomic E-state index is 11.1. The number of hydrogen-bond acceptors (Lipinski definition) is 4. The smallest absolute Gasteiger partial charge is 0.102 e. The maximum atomic E-state index is 11.1. The van der Waals surface area contributed by atoms with Gasteiger partial charge in [0.2, 0.25) is 0 Å². The van der Waals surface area contributed by atoms with E-state index in [2.05, 4.69) is 33.4 Å². The highest BCUT2D eigenvalue weighted by molar-refractivity contribution is 5.50. The van der Waals surface area contributed by atoms with Crippen molar-refractivity contribution >= 4 is 5.69 Å². The Balaban J connectivity index is 1.70. The number of hydrogen-bond donors (Lipinski definition) is 2. The molecule has 0 saturated carbocycles. The summed E-state index contributed by atoms with van der Waals surface area (Å²) in [6.07, 6.45) is 6.60. The normalized spacial score (nSPS) is 20.1. The first-order valence-corrected chi connectivity index (χ1v) is 8.22. The lowest BCUT2D eigenvalue weighted by atomic mass is 9.79. The van der Waals surface area contributed by atoms with E-state index >= 15 is 0 Å². The van der Waals surface area contributed by atoms with E-state index in [1.807, 2.05) is 38.6 Å². The standard InChI is InChI=1S/C19H25N3O/c1-22(2)18-9-11-20-12-16(18)13-21-14-19(23)10-5-7-15-6-3-4-8-17(15)19/h3-4,6,8-9,11-12,21,23H,5,7,10,13-14H2,1-2H3/t19-/m0/s1. The average Bonchev–Trinajstić information content (AvgIpc) is 2.55. The molecule has 0 spiro atoms. The van der Waals surface area contributed by atoms with Crippen LogP contribution in [0.5, 0.6) is 0 Å². The van der Waals surface area contributed by atoms with Crippen molar-refractivity contribution in [1.29, 1.82) is 0 Å². The molecule has 4 heteroatoms. The van der Waals surface area contributed by atoms with Gasteiger partial charge in [0.25, 0.3) is 0 Å². The monoisotopic (exact) mass is 311 g/mol. The molecule has 1 aromatic heterocycles. The summed E-state index contributed by atoms with van der Waals surface area (Å²) in [5.41, 5.74) is 3.89. The molecule has 4 nitrogen and oxygen atoms in total. The lowest BCUT2D eigenvalue weighted by Gasteiger charge is -2.35. The Kier molecular flexibility index (Phi) is 4.64. The molecule has 0 aliphatic heterocycles. The second-order valence-corrected chi connectivity index (χ2v) is 6.54. The van der Waals surface area contributed by atoms with E-state index in [0.29, 0.717) is 13.1 Å². The van der Waals surface area contributed by atoms with Crippen LogP contribution in [0, 0.1) is 0 Å². The Morgan fingerprint density at radius 2 is 2.09 bits per heavy atom. The third kappa shape index (κ3) is 3.38. The molecule has 0 fully saturated rings. The molecule has 1 aromatic carbocycles. The first kappa shape index (κ1) is 16.0. The average molecular weight is 311 g/mol. The predicted octanol–water partition coefficient (Wildman–Crippen LogP) is 2.46. The minimum absolute atomic E-state index is 0.561. The van der Waals surface area contributed by atoms with Crippen LogP contribution < -0.4 is 10.2 Å². The van der Waals surface area contributed by atoms with Gasteiger partial charge in [-0.15, -0.1) is 0 Å². The minimum atomic E-state index is -0.769.